The van der Waals surface area contributed by atoms with Gasteiger partial charge in [0, 0.05) is 18.7 Å². The number of rotatable bonds is 8. The molecule has 4 nitrogen and oxygen atoms in total. The second kappa shape index (κ2) is 8.60. The molecule has 2 rings (SSSR count). The second-order valence-corrected chi connectivity index (χ2v) is 6.10. The Kier molecular flexibility index (Phi) is 6.50. The lowest BCUT2D eigenvalue weighted by Gasteiger charge is -2.23. The molecule has 0 aliphatic rings. The van der Waals surface area contributed by atoms with Gasteiger partial charge in [0.1, 0.15) is 17.2 Å². The first kappa shape index (κ1) is 18.1. The van der Waals surface area contributed by atoms with Gasteiger partial charge in [0.05, 0.1) is 21.3 Å². The van der Waals surface area contributed by atoms with E-state index >= 15 is 0 Å². The zero-order chi connectivity index (χ0) is 17.5. The van der Waals surface area contributed by atoms with Gasteiger partial charge in [0.15, 0.2) is 0 Å². The van der Waals surface area contributed by atoms with Crippen LogP contribution in [0.5, 0.6) is 17.2 Å². The van der Waals surface area contributed by atoms with Crippen LogP contribution in [0.2, 0.25) is 0 Å². The predicted molar refractivity (Wildman–Crippen MR) is 97.0 cm³/mol. The van der Waals surface area contributed by atoms with E-state index < -0.39 is 0 Å². The molecule has 0 radical (unpaired) electrons. The Balaban J connectivity index is 2.13. The zero-order valence-corrected chi connectivity index (χ0v) is 15.1. The average molecular weight is 329 g/mol. The highest BCUT2D eigenvalue weighted by Gasteiger charge is 2.15. The lowest BCUT2D eigenvalue weighted by atomic mass is 9.95. The zero-order valence-electron chi connectivity index (χ0n) is 15.1. The smallest absolute Gasteiger partial charge is 0.122 e. The van der Waals surface area contributed by atoms with Crippen molar-refractivity contribution in [3.05, 3.63) is 53.6 Å². The van der Waals surface area contributed by atoms with Crippen molar-refractivity contribution in [1.82, 2.24) is 5.32 Å². The van der Waals surface area contributed by atoms with E-state index in [0.717, 1.165) is 29.4 Å². The molecule has 0 saturated heterocycles. The molecule has 0 aromatic heterocycles. The molecule has 0 amide bonds. The van der Waals surface area contributed by atoms with E-state index in [0.29, 0.717) is 5.92 Å². The molecule has 0 aliphatic heterocycles. The van der Waals surface area contributed by atoms with Gasteiger partial charge in [-0.25, -0.2) is 0 Å². The van der Waals surface area contributed by atoms with Crippen LogP contribution in [0.15, 0.2) is 42.5 Å². The van der Waals surface area contributed by atoms with Gasteiger partial charge in [0.25, 0.3) is 0 Å². The van der Waals surface area contributed by atoms with Gasteiger partial charge in [-0.3, -0.25) is 0 Å². The van der Waals surface area contributed by atoms with Gasteiger partial charge >= 0.3 is 0 Å². The van der Waals surface area contributed by atoms with Crippen molar-refractivity contribution in [3.8, 4) is 17.2 Å². The highest BCUT2D eigenvalue weighted by atomic mass is 16.5. The van der Waals surface area contributed by atoms with E-state index in [1.165, 1.54) is 5.56 Å². The average Bonchev–Trinajstić information content (AvgIpc) is 2.61. The molecule has 1 unspecified atom stereocenters. The summed E-state index contributed by atoms with van der Waals surface area (Å²) in [5, 5.41) is 3.64. The molecule has 0 fully saturated rings. The fourth-order valence-corrected chi connectivity index (χ4v) is 2.75. The molecule has 2 aromatic carbocycles. The first-order chi connectivity index (χ1) is 11.6. The van der Waals surface area contributed by atoms with Crippen LogP contribution < -0.4 is 19.5 Å². The van der Waals surface area contributed by atoms with Crippen LogP contribution in [0, 0.1) is 5.92 Å². The summed E-state index contributed by atoms with van der Waals surface area (Å²) < 4.78 is 15.9. The molecule has 0 aliphatic carbocycles. The van der Waals surface area contributed by atoms with Gasteiger partial charge in [-0.1, -0.05) is 26.0 Å². The highest BCUT2D eigenvalue weighted by molar-refractivity contribution is 5.38. The van der Waals surface area contributed by atoms with Crippen molar-refractivity contribution >= 4 is 0 Å². The van der Waals surface area contributed by atoms with Crippen LogP contribution in [0.3, 0.4) is 0 Å². The minimum absolute atomic E-state index is 0.258. The summed E-state index contributed by atoms with van der Waals surface area (Å²) in [7, 11) is 5.02. The summed E-state index contributed by atoms with van der Waals surface area (Å²) >= 11 is 0. The SMILES string of the molecule is COc1ccc(C(NCc2cc(OC)cc(OC)c2)C(C)C)cc1. The Bertz CT molecular complexity index is 616. The summed E-state index contributed by atoms with van der Waals surface area (Å²) in [5.41, 5.74) is 2.38. The molecule has 1 N–H and O–H groups in total. The van der Waals surface area contributed by atoms with E-state index in [4.69, 9.17) is 14.2 Å². The summed E-state index contributed by atoms with van der Waals surface area (Å²) in [4.78, 5) is 0. The van der Waals surface area contributed by atoms with Crippen molar-refractivity contribution in [3.63, 3.8) is 0 Å². The Morgan fingerprint density at radius 3 is 1.79 bits per heavy atom. The standard InChI is InChI=1S/C20H27NO3/c1-14(2)20(16-6-8-17(22-3)9-7-16)21-13-15-10-18(23-4)12-19(11-15)24-5/h6-12,14,20-21H,13H2,1-5H3. The maximum absolute atomic E-state index is 5.34. The first-order valence-electron chi connectivity index (χ1n) is 8.16. The molecule has 1 atom stereocenters. The van der Waals surface area contributed by atoms with Gasteiger partial charge in [-0.05, 0) is 41.3 Å². The maximum atomic E-state index is 5.34. The van der Waals surface area contributed by atoms with E-state index in [9.17, 15) is 0 Å². The molecule has 0 heterocycles. The third-order valence-corrected chi connectivity index (χ3v) is 4.08. The minimum Gasteiger partial charge on any atom is -0.497 e. The largest absolute Gasteiger partial charge is 0.497 e. The van der Waals surface area contributed by atoms with Crippen LogP contribution in [0.4, 0.5) is 0 Å². The Morgan fingerprint density at radius 2 is 1.33 bits per heavy atom. The first-order valence-corrected chi connectivity index (χ1v) is 8.16. The number of nitrogens with one attached hydrogen (secondary N) is 1. The topological polar surface area (TPSA) is 39.7 Å². The normalized spacial score (nSPS) is 12.1. The molecule has 0 bridgehead atoms. The predicted octanol–water partition coefficient (Wildman–Crippen LogP) is 4.20. The minimum atomic E-state index is 0.258. The summed E-state index contributed by atoms with van der Waals surface area (Å²) in [5.74, 6) is 2.94. The van der Waals surface area contributed by atoms with Gasteiger partial charge in [0.2, 0.25) is 0 Å². The van der Waals surface area contributed by atoms with E-state index in [2.05, 4.69) is 31.3 Å². The van der Waals surface area contributed by atoms with E-state index in [1.54, 1.807) is 21.3 Å². The van der Waals surface area contributed by atoms with Crippen LogP contribution in [0.1, 0.15) is 31.0 Å². The van der Waals surface area contributed by atoms with Crippen LogP contribution in [-0.2, 0) is 6.54 Å². The highest BCUT2D eigenvalue weighted by Crippen LogP contribution is 2.26. The maximum Gasteiger partial charge on any atom is 0.122 e. The summed E-state index contributed by atoms with van der Waals surface area (Å²) in [6.07, 6.45) is 0. The van der Waals surface area contributed by atoms with Crippen LogP contribution >= 0.6 is 0 Å². The summed E-state index contributed by atoms with van der Waals surface area (Å²) in [6, 6.07) is 14.4. The number of hydrogen-bond donors (Lipinski definition) is 1. The van der Waals surface area contributed by atoms with Crippen molar-refractivity contribution in [2.45, 2.75) is 26.4 Å². The quantitative estimate of drug-likeness (QED) is 0.788. The fraction of sp³-hybridized carbons (Fsp3) is 0.400. The van der Waals surface area contributed by atoms with Gasteiger partial charge in [-0.2, -0.15) is 0 Å². The number of ether oxygens (including phenoxy) is 3. The van der Waals surface area contributed by atoms with Crippen molar-refractivity contribution in [2.75, 3.05) is 21.3 Å². The number of hydrogen-bond acceptors (Lipinski definition) is 4. The number of benzene rings is 2. The molecular formula is C20H27NO3. The van der Waals surface area contributed by atoms with E-state index in [1.807, 2.05) is 30.3 Å². The number of methoxy groups -OCH3 is 3. The third-order valence-electron chi connectivity index (χ3n) is 4.08. The second-order valence-electron chi connectivity index (χ2n) is 6.10. The molecular weight excluding hydrogens is 302 g/mol. The van der Waals surface area contributed by atoms with E-state index in [-0.39, 0.29) is 6.04 Å². The molecule has 0 spiro atoms. The van der Waals surface area contributed by atoms with Crippen LogP contribution in [-0.4, -0.2) is 21.3 Å². The Labute approximate surface area is 144 Å². The molecule has 24 heavy (non-hydrogen) atoms. The Hall–Kier alpha value is -2.20. The van der Waals surface area contributed by atoms with Gasteiger partial charge < -0.3 is 19.5 Å². The molecule has 2 aromatic rings. The lowest BCUT2D eigenvalue weighted by molar-refractivity contribution is 0.388. The molecule has 0 saturated carbocycles. The monoisotopic (exact) mass is 329 g/mol. The van der Waals surface area contributed by atoms with Crippen molar-refractivity contribution in [1.29, 1.82) is 0 Å². The van der Waals surface area contributed by atoms with Crippen LogP contribution in [0.25, 0.3) is 0 Å². The van der Waals surface area contributed by atoms with Crippen molar-refractivity contribution < 1.29 is 14.2 Å². The fourth-order valence-electron chi connectivity index (χ4n) is 2.75. The Morgan fingerprint density at radius 1 is 0.792 bits per heavy atom. The van der Waals surface area contributed by atoms with Crippen molar-refractivity contribution in [2.24, 2.45) is 5.92 Å². The summed E-state index contributed by atoms with van der Waals surface area (Å²) in [6.45, 7) is 5.17. The lowest BCUT2D eigenvalue weighted by Crippen LogP contribution is -2.25. The third kappa shape index (κ3) is 4.65. The van der Waals surface area contributed by atoms with Gasteiger partial charge in [-0.15, -0.1) is 0 Å². The molecule has 130 valence electrons. The molecule has 4 heteroatoms.